The Bertz CT molecular complexity index is 236. The van der Waals surface area contributed by atoms with E-state index in [2.05, 4.69) is 5.32 Å². The highest BCUT2D eigenvalue weighted by molar-refractivity contribution is 5.85. The molecule has 1 aliphatic carbocycles. The van der Waals surface area contributed by atoms with E-state index in [-0.39, 0.29) is 18.4 Å². The van der Waals surface area contributed by atoms with Crippen molar-refractivity contribution in [1.82, 2.24) is 10.2 Å². The van der Waals surface area contributed by atoms with E-state index in [4.69, 9.17) is 0 Å². The number of carbonyl (C=O) groups excluding carboxylic acids is 1. The third-order valence-corrected chi connectivity index (χ3v) is 3.99. The Morgan fingerprint density at radius 2 is 1.88 bits per heavy atom. The Kier molecular flexibility index (Phi) is 6.28. The summed E-state index contributed by atoms with van der Waals surface area (Å²) in [7, 11) is 1.97. The number of hydrogen-bond acceptors (Lipinski definition) is 2. The Morgan fingerprint density at radius 3 is 2.47 bits per heavy atom. The van der Waals surface area contributed by atoms with Gasteiger partial charge in [-0.3, -0.25) is 4.79 Å². The van der Waals surface area contributed by atoms with E-state index in [0.717, 1.165) is 31.8 Å². The van der Waals surface area contributed by atoms with Crippen LogP contribution in [-0.4, -0.2) is 37.0 Å². The number of nitrogens with one attached hydrogen (secondary N) is 1. The average molecular weight is 261 g/mol. The molecule has 1 heterocycles. The molecule has 1 aliphatic heterocycles. The summed E-state index contributed by atoms with van der Waals surface area (Å²) in [5.74, 6) is 1.06. The first kappa shape index (κ1) is 14.8. The monoisotopic (exact) mass is 260 g/mol. The zero-order valence-electron chi connectivity index (χ0n) is 10.8. The highest BCUT2D eigenvalue weighted by Gasteiger charge is 2.26. The van der Waals surface area contributed by atoms with Gasteiger partial charge in [0.25, 0.3) is 0 Å². The molecule has 3 nitrogen and oxygen atoms in total. The van der Waals surface area contributed by atoms with Crippen LogP contribution in [-0.2, 0) is 4.79 Å². The molecule has 0 radical (unpaired) electrons. The smallest absolute Gasteiger partial charge is 0.239 e. The molecule has 4 heteroatoms. The Hall–Kier alpha value is -0.280. The average Bonchev–Trinajstić information content (AvgIpc) is 2.83. The molecule has 2 fully saturated rings. The molecule has 0 unspecified atom stereocenters. The first-order valence-corrected chi connectivity index (χ1v) is 6.76. The van der Waals surface area contributed by atoms with Gasteiger partial charge in [-0.15, -0.1) is 12.4 Å². The van der Waals surface area contributed by atoms with Crippen molar-refractivity contribution in [2.45, 2.75) is 51.0 Å². The number of nitrogens with zero attached hydrogens (tertiary/aromatic N) is 1. The van der Waals surface area contributed by atoms with Crippen LogP contribution >= 0.6 is 12.4 Å². The lowest BCUT2D eigenvalue weighted by atomic mass is 9.89. The maximum atomic E-state index is 12.1. The fourth-order valence-corrected chi connectivity index (χ4v) is 3.01. The Morgan fingerprint density at radius 1 is 1.18 bits per heavy atom. The van der Waals surface area contributed by atoms with Gasteiger partial charge in [0.05, 0.1) is 6.04 Å². The van der Waals surface area contributed by atoms with E-state index < -0.39 is 0 Å². The molecule has 1 amide bonds. The third-order valence-electron chi connectivity index (χ3n) is 3.99. The standard InChI is InChI=1S/C13H24N2O.ClH/c1-15(10-11-6-3-2-4-7-11)13(16)12-8-5-9-14-12;/h11-12,14H,2-10H2,1H3;1H/t12-;/m0./s1. The number of halogens is 1. The van der Waals surface area contributed by atoms with E-state index in [1.54, 1.807) is 0 Å². The molecule has 0 aromatic heterocycles. The summed E-state index contributed by atoms with van der Waals surface area (Å²) in [4.78, 5) is 14.0. The highest BCUT2D eigenvalue weighted by Crippen LogP contribution is 2.24. The molecular formula is C13H25ClN2O. The number of rotatable bonds is 3. The SMILES string of the molecule is CN(CC1CCCCC1)C(=O)[C@@H]1CCCN1.Cl. The molecule has 1 saturated heterocycles. The second-order valence-corrected chi connectivity index (χ2v) is 5.37. The normalized spacial score (nSPS) is 25.4. The van der Waals surface area contributed by atoms with Gasteiger partial charge in [0.15, 0.2) is 0 Å². The van der Waals surface area contributed by atoms with Crippen LogP contribution in [0.4, 0.5) is 0 Å². The first-order chi connectivity index (χ1) is 7.77. The van der Waals surface area contributed by atoms with E-state index in [0.29, 0.717) is 5.91 Å². The molecule has 17 heavy (non-hydrogen) atoms. The van der Waals surface area contributed by atoms with E-state index in [1.807, 2.05) is 11.9 Å². The van der Waals surface area contributed by atoms with Gasteiger partial charge in [0.2, 0.25) is 5.91 Å². The topological polar surface area (TPSA) is 32.3 Å². The quantitative estimate of drug-likeness (QED) is 0.844. The molecule has 2 rings (SSSR count). The predicted octanol–water partition coefficient (Wildman–Crippen LogP) is 2.20. The Labute approximate surface area is 111 Å². The molecule has 0 aromatic carbocycles. The molecule has 100 valence electrons. The predicted molar refractivity (Wildman–Crippen MR) is 72.5 cm³/mol. The van der Waals surface area contributed by atoms with Gasteiger partial charge in [-0.1, -0.05) is 19.3 Å². The number of carbonyl (C=O) groups is 1. The summed E-state index contributed by atoms with van der Waals surface area (Å²) in [5, 5.41) is 3.28. The maximum Gasteiger partial charge on any atom is 0.239 e. The molecule has 0 bridgehead atoms. The second kappa shape index (κ2) is 7.22. The van der Waals surface area contributed by atoms with Gasteiger partial charge in [0.1, 0.15) is 0 Å². The fraction of sp³-hybridized carbons (Fsp3) is 0.923. The molecule has 0 aromatic rings. The van der Waals surface area contributed by atoms with Gasteiger partial charge in [-0.05, 0) is 38.1 Å². The number of hydrogen-bond donors (Lipinski definition) is 1. The summed E-state index contributed by atoms with van der Waals surface area (Å²) in [6.45, 7) is 1.98. The van der Waals surface area contributed by atoms with Gasteiger partial charge >= 0.3 is 0 Å². The third kappa shape index (κ3) is 4.14. The zero-order chi connectivity index (χ0) is 11.4. The molecule has 1 saturated carbocycles. The van der Waals surface area contributed by atoms with Gasteiger partial charge in [-0.2, -0.15) is 0 Å². The maximum absolute atomic E-state index is 12.1. The zero-order valence-corrected chi connectivity index (χ0v) is 11.6. The molecular weight excluding hydrogens is 236 g/mol. The van der Waals surface area contributed by atoms with Gasteiger partial charge < -0.3 is 10.2 Å². The minimum Gasteiger partial charge on any atom is -0.344 e. The van der Waals surface area contributed by atoms with E-state index in [1.165, 1.54) is 32.1 Å². The van der Waals surface area contributed by atoms with Crippen LogP contribution in [0, 0.1) is 5.92 Å². The summed E-state index contributed by atoms with van der Waals surface area (Å²) in [6, 6.07) is 0.105. The van der Waals surface area contributed by atoms with Crippen molar-refractivity contribution in [3.63, 3.8) is 0 Å². The van der Waals surface area contributed by atoms with Crippen molar-refractivity contribution >= 4 is 18.3 Å². The largest absolute Gasteiger partial charge is 0.344 e. The lowest BCUT2D eigenvalue weighted by Gasteiger charge is -2.28. The second-order valence-electron chi connectivity index (χ2n) is 5.37. The van der Waals surface area contributed by atoms with Gasteiger partial charge in [-0.25, -0.2) is 0 Å². The van der Waals surface area contributed by atoms with Crippen LogP contribution in [0.15, 0.2) is 0 Å². The molecule has 2 aliphatic rings. The minimum absolute atomic E-state index is 0. The van der Waals surface area contributed by atoms with Crippen LogP contribution in [0.1, 0.15) is 44.9 Å². The lowest BCUT2D eigenvalue weighted by molar-refractivity contribution is -0.132. The van der Waals surface area contributed by atoms with E-state index >= 15 is 0 Å². The van der Waals surface area contributed by atoms with Crippen molar-refractivity contribution in [3.8, 4) is 0 Å². The Balaban J connectivity index is 0.00000144. The summed E-state index contributed by atoms with van der Waals surface area (Å²) in [5.41, 5.74) is 0. The molecule has 1 atom stereocenters. The summed E-state index contributed by atoms with van der Waals surface area (Å²) in [6.07, 6.45) is 8.90. The van der Waals surface area contributed by atoms with Crippen LogP contribution in [0.5, 0.6) is 0 Å². The van der Waals surface area contributed by atoms with Crippen molar-refractivity contribution < 1.29 is 4.79 Å². The summed E-state index contributed by atoms with van der Waals surface area (Å²) >= 11 is 0. The number of likely N-dealkylation sites (N-methyl/N-ethyl adjacent to an activating group) is 1. The van der Waals surface area contributed by atoms with Crippen LogP contribution in [0.3, 0.4) is 0 Å². The van der Waals surface area contributed by atoms with Gasteiger partial charge in [0, 0.05) is 13.6 Å². The lowest BCUT2D eigenvalue weighted by Crippen LogP contribution is -2.43. The van der Waals surface area contributed by atoms with Crippen LogP contribution in [0.2, 0.25) is 0 Å². The minimum atomic E-state index is 0. The first-order valence-electron chi connectivity index (χ1n) is 6.76. The van der Waals surface area contributed by atoms with E-state index in [9.17, 15) is 4.79 Å². The van der Waals surface area contributed by atoms with Crippen LogP contribution in [0.25, 0.3) is 0 Å². The molecule has 0 spiro atoms. The highest BCUT2D eigenvalue weighted by atomic mass is 35.5. The molecule has 1 N–H and O–H groups in total. The van der Waals surface area contributed by atoms with Crippen molar-refractivity contribution in [2.75, 3.05) is 20.1 Å². The van der Waals surface area contributed by atoms with Crippen molar-refractivity contribution in [3.05, 3.63) is 0 Å². The fourth-order valence-electron chi connectivity index (χ4n) is 3.01. The van der Waals surface area contributed by atoms with Crippen LogP contribution < -0.4 is 5.32 Å². The van der Waals surface area contributed by atoms with Crippen molar-refractivity contribution in [1.29, 1.82) is 0 Å². The number of amides is 1. The van der Waals surface area contributed by atoms with Crippen molar-refractivity contribution in [2.24, 2.45) is 5.92 Å². The summed E-state index contributed by atoms with van der Waals surface area (Å²) < 4.78 is 0.